The Labute approximate surface area is 139 Å². The molecule has 0 spiro atoms. The van der Waals surface area contributed by atoms with Gasteiger partial charge in [-0.1, -0.05) is 12.1 Å². The van der Waals surface area contributed by atoms with Crippen LogP contribution in [0.25, 0.3) is 0 Å². The lowest BCUT2D eigenvalue weighted by Crippen LogP contribution is -2.50. The number of hydrazone groups is 1. The maximum absolute atomic E-state index is 11.6. The quantitative estimate of drug-likeness (QED) is 0.229. The lowest BCUT2D eigenvalue weighted by Gasteiger charge is -2.24. The largest absolute Gasteiger partial charge is 0.394 e. The maximum atomic E-state index is 11.6. The van der Waals surface area contributed by atoms with E-state index in [-0.39, 0.29) is 0 Å². The van der Waals surface area contributed by atoms with Gasteiger partial charge in [0, 0.05) is 19.8 Å². The highest BCUT2D eigenvalue weighted by Crippen LogP contribution is 2.11. The van der Waals surface area contributed by atoms with Crippen LogP contribution in [-0.2, 0) is 4.79 Å². The number of hydrogen-bond acceptors (Lipinski definition) is 8. The van der Waals surface area contributed by atoms with E-state index in [2.05, 4.69) is 5.10 Å². The third-order valence-corrected chi connectivity index (χ3v) is 3.32. The van der Waals surface area contributed by atoms with Gasteiger partial charge in [-0.3, -0.25) is 4.79 Å². The zero-order valence-electron chi connectivity index (χ0n) is 13.4. The summed E-state index contributed by atoms with van der Waals surface area (Å²) in [6, 6.07) is 7.26. The van der Waals surface area contributed by atoms with Crippen LogP contribution in [0, 0.1) is 0 Å². The predicted octanol–water partition coefficient (Wildman–Crippen LogP) is -2.36. The normalized spacial score (nSPS) is 16.5. The number of nitrogens with zero attached hydrogens (tertiary/aromatic N) is 2. The standard InChI is InChI=1S/C15H23N3O6/c1-18(2)10-5-3-9(4-6-10)7-16-17-15(24)14(23)13(22)12(21)11(20)8-19/h3-7,11-14,19-23H,8H2,1-2H3,(H,17,24)/b16-7+. The lowest BCUT2D eigenvalue weighted by atomic mass is 10.0. The molecule has 1 amide bonds. The number of aliphatic hydroxyl groups is 5. The number of carbonyl (C=O) groups is 1. The van der Waals surface area contributed by atoms with Crippen molar-refractivity contribution in [3.05, 3.63) is 29.8 Å². The molecule has 24 heavy (non-hydrogen) atoms. The van der Waals surface area contributed by atoms with E-state index in [0.717, 1.165) is 5.69 Å². The van der Waals surface area contributed by atoms with E-state index in [1.807, 2.05) is 36.6 Å². The van der Waals surface area contributed by atoms with Crippen LogP contribution in [0.3, 0.4) is 0 Å². The summed E-state index contributed by atoms with van der Waals surface area (Å²) in [6.07, 6.45) is -6.20. The van der Waals surface area contributed by atoms with Crippen molar-refractivity contribution in [2.75, 3.05) is 25.6 Å². The fourth-order valence-corrected chi connectivity index (χ4v) is 1.77. The first-order valence-electron chi connectivity index (χ1n) is 7.21. The van der Waals surface area contributed by atoms with Gasteiger partial charge in [-0.05, 0) is 17.7 Å². The number of hydrogen-bond donors (Lipinski definition) is 6. The molecule has 0 radical (unpaired) electrons. The Hall–Kier alpha value is -2.04. The molecule has 1 aromatic rings. The van der Waals surface area contributed by atoms with Crippen LogP contribution in [0.1, 0.15) is 5.56 Å². The van der Waals surface area contributed by atoms with Gasteiger partial charge in [0.05, 0.1) is 12.8 Å². The molecule has 6 N–H and O–H groups in total. The molecule has 0 aromatic heterocycles. The van der Waals surface area contributed by atoms with Gasteiger partial charge in [-0.2, -0.15) is 5.10 Å². The van der Waals surface area contributed by atoms with Crippen LogP contribution >= 0.6 is 0 Å². The van der Waals surface area contributed by atoms with Gasteiger partial charge < -0.3 is 30.4 Å². The van der Waals surface area contributed by atoms with Gasteiger partial charge in [0.15, 0.2) is 6.10 Å². The molecule has 0 aliphatic rings. The van der Waals surface area contributed by atoms with Crippen LogP contribution in [0.4, 0.5) is 5.69 Å². The highest BCUT2D eigenvalue weighted by molar-refractivity contribution is 5.84. The monoisotopic (exact) mass is 341 g/mol. The maximum Gasteiger partial charge on any atom is 0.271 e. The van der Waals surface area contributed by atoms with E-state index in [1.54, 1.807) is 12.1 Å². The Balaban J connectivity index is 2.58. The Morgan fingerprint density at radius 3 is 2.25 bits per heavy atom. The summed E-state index contributed by atoms with van der Waals surface area (Å²) >= 11 is 0. The van der Waals surface area contributed by atoms with Gasteiger partial charge in [0.25, 0.3) is 5.91 Å². The SMILES string of the molecule is CN(C)c1ccc(/C=N/NC(=O)C(O)C(O)C(O)C(O)CO)cc1. The Morgan fingerprint density at radius 1 is 1.17 bits per heavy atom. The van der Waals surface area contributed by atoms with Gasteiger partial charge in [-0.25, -0.2) is 5.43 Å². The second kappa shape index (κ2) is 9.30. The fourth-order valence-electron chi connectivity index (χ4n) is 1.77. The molecule has 0 fully saturated rings. The zero-order valence-corrected chi connectivity index (χ0v) is 13.4. The summed E-state index contributed by atoms with van der Waals surface area (Å²) in [5, 5.41) is 50.1. The third-order valence-electron chi connectivity index (χ3n) is 3.32. The van der Waals surface area contributed by atoms with E-state index in [4.69, 9.17) is 5.11 Å². The topological polar surface area (TPSA) is 146 Å². The van der Waals surface area contributed by atoms with E-state index in [1.165, 1.54) is 6.21 Å². The number of amides is 1. The minimum Gasteiger partial charge on any atom is -0.394 e. The molecule has 0 saturated carbocycles. The van der Waals surface area contributed by atoms with E-state index < -0.39 is 36.9 Å². The average Bonchev–Trinajstić information content (AvgIpc) is 2.59. The summed E-state index contributed by atoms with van der Waals surface area (Å²) in [6.45, 7) is -0.826. The lowest BCUT2D eigenvalue weighted by molar-refractivity contribution is -0.148. The average molecular weight is 341 g/mol. The van der Waals surface area contributed by atoms with Gasteiger partial charge >= 0.3 is 0 Å². The second-order valence-corrected chi connectivity index (χ2v) is 5.40. The molecule has 0 saturated heterocycles. The van der Waals surface area contributed by atoms with E-state index in [9.17, 15) is 25.2 Å². The first-order chi connectivity index (χ1) is 11.3. The van der Waals surface area contributed by atoms with Gasteiger partial charge in [0.2, 0.25) is 0 Å². The molecular formula is C15H23N3O6. The number of aliphatic hydroxyl groups excluding tert-OH is 5. The van der Waals surface area contributed by atoms with Crippen molar-refractivity contribution < 1.29 is 30.3 Å². The first kappa shape index (κ1) is 20.0. The fraction of sp³-hybridized carbons (Fsp3) is 0.467. The summed E-state index contributed by atoms with van der Waals surface area (Å²) in [5.41, 5.74) is 3.71. The number of benzene rings is 1. The van der Waals surface area contributed by atoms with Crippen molar-refractivity contribution >= 4 is 17.8 Å². The molecular weight excluding hydrogens is 318 g/mol. The molecule has 1 rings (SSSR count). The zero-order chi connectivity index (χ0) is 18.3. The van der Waals surface area contributed by atoms with Crippen molar-refractivity contribution in [2.45, 2.75) is 24.4 Å². The highest BCUT2D eigenvalue weighted by Gasteiger charge is 2.34. The molecule has 4 unspecified atom stereocenters. The molecule has 0 aliphatic heterocycles. The van der Waals surface area contributed by atoms with Gasteiger partial charge in [-0.15, -0.1) is 0 Å². The van der Waals surface area contributed by atoms with Crippen LogP contribution in [0.5, 0.6) is 0 Å². The molecule has 4 atom stereocenters. The molecule has 134 valence electrons. The van der Waals surface area contributed by atoms with Crippen molar-refractivity contribution in [1.29, 1.82) is 0 Å². The number of rotatable bonds is 8. The Kier molecular flexibility index (Phi) is 7.75. The minimum atomic E-state index is -2.02. The van der Waals surface area contributed by atoms with Crippen LogP contribution < -0.4 is 10.3 Å². The molecule has 0 heterocycles. The highest BCUT2D eigenvalue weighted by atomic mass is 16.4. The molecule has 0 aliphatic carbocycles. The van der Waals surface area contributed by atoms with Crippen LogP contribution in [0.15, 0.2) is 29.4 Å². The number of carbonyl (C=O) groups excluding carboxylic acids is 1. The molecule has 9 heteroatoms. The summed E-state index contributed by atoms with van der Waals surface area (Å²) in [5.74, 6) is -1.06. The van der Waals surface area contributed by atoms with E-state index in [0.29, 0.717) is 5.56 Å². The second-order valence-electron chi connectivity index (χ2n) is 5.40. The molecule has 1 aromatic carbocycles. The van der Waals surface area contributed by atoms with Crippen molar-refractivity contribution in [3.8, 4) is 0 Å². The van der Waals surface area contributed by atoms with E-state index >= 15 is 0 Å². The van der Waals surface area contributed by atoms with Crippen LogP contribution in [-0.4, -0.2) is 82.8 Å². The smallest absolute Gasteiger partial charge is 0.271 e. The Morgan fingerprint density at radius 2 is 1.75 bits per heavy atom. The number of nitrogens with one attached hydrogen (secondary N) is 1. The Bertz CT molecular complexity index is 549. The summed E-state index contributed by atoms with van der Waals surface area (Å²) in [7, 11) is 3.80. The molecule has 9 nitrogen and oxygen atoms in total. The van der Waals surface area contributed by atoms with Crippen LogP contribution in [0.2, 0.25) is 0 Å². The number of anilines is 1. The van der Waals surface area contributed by atoms with Gasteiger partial charge in [0.1, 0.15) is 18.3 Å². The van der Waals surface area contributed by atoms with Crippen molar-refractivity contribution in [1.82, 2.24) is 5.43 Å². The predicted molar refractivity (Wildman–Crippen MR) is 87.6 cm³/mol. The first-order valence-corrected chi connectivity index (χ1v) is 7.21. The summed E-state index contributed by atoms with van der Waals surface area (Å²) in [4.78, 5) is 13.6. The minimum absolute atomic E-state index is 0.701. The summed E-state index contributed by atoms with van der Waals surface area (Å²) < 4.78 is 0. The van der Waals surface area contributed by atoms with Crippen molar-refractivity contribution in [3.63, 3.8) is 0 Å². The third kappa shape index (κ3) is 5.55. The van der Waals surface area contributed by atoms with Crippen molar-refractivity contribution in [2.24, 2.45) is 5.10 Å². The molecule has 0 bridgehead atoms.